The fourth-order valence-corrected chi connectivity index (χ4v) is 3.86. The van der Waals surface area contributed by atoms with Crippen molar-refractivity contribution in [2.45, 2.75) is 40.2 Å². The first-order valence-corrected chi connectivity index (χ1v) is 9.48. The number of methoxy groups -OCH3 is 1. The molecule has 5 heteroatoms. The largest absolute Gasteiger partial charge is 0.496 e. The molecule has 2 heterocycles. The van der Waals surface area contributed by atoms with E-state index in [1.807, 2.05) is 24.8 Å². The molecule has 0 unspecified atom stereocenters. The first kappa shape index (κ1) is 18.3. The van der Waals surface area contributed by atoms with Crippen molar-refractivity contribution in [2.24, 2.45) is 0 Å². The minimum absolute atomic E-state index is 0.139. The Morgan fingerprint density at radius 3 is 2.50 bits per heavy atom. The zero-order valence-corrected chi connectivity index (χ0v) is 16.7. The van der Waals surface area contributed by atoms with Crippen LogP contribution in [0.1, 0.15) is 34.6 Å². The number of aryl methyl sites for hydroxylation is 4. The number of benzene rings is 2. The number of aromatic nitrogens is 1. The third kappa shape index (κ3) is 3.17. The Morgan fingerprint density at radius 1 is 1.11 bits per heavy atom. The highest BCUT2D eigenvalue weighted by Gasteiger charge is 2.27. The minimum Gasteiger partial charge on any atom is -0.496 e. The summed E-state index contributed by atoms with van der Waals surface area (Å²) < 4.78 is 11.0. The van der Waals surface area contributed by atoms with Gasteiger partial charge in [0.25, 0.3) is 0 Å². The Kier molecular flexibility index (Phi) is 4.67. The van der Waals surface area contributed by atoms with Gasteiger partial charge in [0.15, 0.2) is 0 Å². The van der Waals surface area contributed by atoms with Crippen molar-refractivity contribution in [3.05, 3.63) is 64.5 Å². The van der Waals surface area contributed by atoms with Crippen molar-refractivity contribution in [1.29, 1.82) is 0 Å². The van der Waals surface area contributed by atoms with Crippen molar-refractivity contribution in [1.82, 2.24) is 5.16 Å². The average molecular weight is 376 g/mol. The highest BCUT2D eigenvalue weighted by atomic mass is 16.5. The Hall–Kier alpha value is -3.08. The van der Waals surface area contributed by atoms with Crippen molar-refractivity contribution in [2.75, 3.05) is 12.0 Å². The second kappa shape index (κ2) is 7.15. The molecule has 144 valence electrons. The molecule has 1 amide bonds. The summed E-state index contributed by atoms with van der Waals surface area (Å²) >= 11 is 0. The Bertz CT molecular complexity index is 1020. The molecule has 1 aliphatic rings. The van der Waals surface area contributed by atoms with Crippen LogP contribution in [0.25, 0.3) is 11.1 Å². The van der Waals surface area contributed by atoms with Gasteiger partial charge in [-0.25, -0.2) is 0 Å². The van der Waals surface area contributed by atoms with Crippen LogP contribution in [0.15, 0.2) is 40.9 Å². The van der Waals surface area contributed by atoms with Crippen LogP contribution in [0.4, 0.5) is 5.69 Å². The number of rotatable bonds is 4. The predicted octanol–water partition coefficient (Wildman–Crippen LogP) is 4.75. The number of fused-ring (bicyclic) bond motifs is 1. The van der Waals surface area contributed by atoms with Crippen LogP contribution in [0.5, 0.6) is 5.75 Å². The summed E-state index contributed by atoms with van der Waals surface area (Å²) in [7, 11) is 1.65. The van der Waals surface area contributed by atoms with Gasteiger partial charge in [0.1, 0.15) is 11.5 Å². The number of hydrogen-bond donors (Lipinski definition) is 0. The van der Waals surface area contributed by atoms with E-state index in [-0.39, 0.29) is 5.91 Å². The molecule has 0 saturated carbocycles. The minimum atomic E-state index is 0.139. The Labute approximate surface area is 164 Å². The molecule has 4 rings (SSSR count). The molecule has 0 atom stereocenters. The van der Waals surface area contributed by atoms with E-state index in [1.54, 1.807) is 7.11 Å². The lowest BCUT2D eigenvalue weighted by atomic mass is 9.94. The second-order valence-electron chi connectivity index (χ2n) is 7.35. The lowest BCUT2D eigenvalue weighted by Crippen LogP contribution is -2.34. The molecule has 0 saturated heterocycles. The highest BCUT2D eigenvalue weighted by molar-refractivity contribution is 5.97. The van der Waals surface area contributed by atoms with E-state index < -0.39 is 0 Å². The summed E-state index contributed by atoms with van der Waals surface area (Å²) in [6, 6.07) is 12.4. The molecule has 0 aliphatic carbocycles. The normalized spacial score (nSPS) is 13.6. The van der Waals surface area contributed by atoms with Gasteiger partial charge in [-0.15, -0.1) is 0 Å². The number of ether oxygens (including phenoxy) is 1. The summed E-state index contributed by atoms with van der Waals surface area (Å²) in [5.41, 5.74) is 7.13. The van der Waals surface area contributed by atoms with Crippen LogP contribution in [-0.4, -0.2) is 18.2 Å². The van der Waals surface area contributed by atoms with Crippen LogP contribution in [0, 0.1) is 20.8 Å². The van der Waals surface area contributed by atoms with Gasteiger partial charge in [0.2, 0.25) is 5.91 Å². The van der Waals surface area contributed by atoms with Gasteiger partial charge in [-0.1, -0.05) is 35.0 Å². The molecule has 1 aromatic heterocycles. The average Bonchev–Trinajstić information content (AvgIpc) is 3.03. The summed E-state index contributed by atoms with van der Waals surface area (Å²) in [5, 5.41) is 4.07. The maximum Gasteiger partial charge on any atom is 0.227 e. The lowest BCUT2D eigenvalue weighted by Gasteiger charge is -2.30. The fraction of sp³-hybridized carbons (Fsp3) is 0.304. The maximum atomic E-state index is 12.7. The van der Waals surface area contributed by atoms with Gasteiger partial charge < -0.3 is 14.2 Å². The zero-order valence-electron chi connectivity index (χ0n) is 16.7. The number of hydrogen-bond acceptors (Lipinski definition) is 4. The summed E-state index contributed by atoms with van der Waals surface area (Å²) in [5.74, 6) is 1.62. The summed E-state index contributed by atoms with van der Waals surface area (Å²) in [6.07, 6.45) is 1.23. The summed E-state index contributed by atoms with van der Waals surface area (Å²) in [6.45, 7) is 6.45. The van der Waals surface area contributed by atoms with Crippen LogP contribution in [0.2, 0.25) is 0 Å². The van der Waals surface area contributed by atoms with Crippen molar-refractivity contribution in [3.8, 4) is 16.9 Å². The topological polar surface area (TPSA) is 55.6 Å². The number of amides is 1. The van der Waals surface area contributed by atoms with Crippen molar-refractivity contribution >= 4 is 11.6 Å². The molecule has 0 radical (unpaired) electrons. The summed E-state index contributed by atoms with van der Waals surface area (Å²) in [4.78, 5) is 14.6. The molecule has 28 heavy (non-hydrogen) atoms. The van der Waals surface area contributed by atoms with Gasteiger partial charge >= 0.3 is 0 Å². The predicted molar refractivity (Wildman–Crippen MR) is 109 cm³/mol. The Balaban J connectivity index is 1.79. The second-order valence-corrected chi connectivity index (χ2v) is 7.35. The number of nitrogens with zero attached hydrogens (tertiary/aromatic N) is 2. The molecule has 0 spiro atoms. The zero-order chi connectivity index (χ0) is 19.8. The first-order chi connectivity index (χ1) is 13.5. The SMILES string of the molecule is COc1cc2c(cc1-c1c(C)noc1C)CCC(=O)N2Cc1ccc(C)cc1. The standard InChI is InChI=1S/C23H24N2O3/c1-14-5-7-17(8-6-14)13-25-20-12-21(27-4)19(11-18(20)9-10-22(25)26)23-15(2)24-28-16(23)3/h5-8,11-12H,9-10,13H2,1-4H3. The van der Waals surface area contributed by atoms with Crippen LogP contribution in [-0.2, 0) is 17.8 Å². The molecule has 3 aromatic rings. The molecule has 0 bridgehead atoms. The van der Waals surface area contributed by atoms with E-state index in [9.17, 15) is 4.79 Å². The van der Waals surface area contributed by atoms with Gasteiger partial charge in [-0.05, 0) is 44.4 Å². The van der Waals surface area contributed by atoms with Crippen LogP contribution < -0.4 is 9.64 Å². The number of carbonyl (C=O) groups is 1. The molecule has 0 N–H and O–H groups in total. The number of anilines is 1. The quantitative estimate of drug-likeness (QED) is 0.659. The Morgan fingerprint density at radius 2 is 1.86 bits per heavy atom. The first-order valence-electron chi connectivity index (χ1n) is 9.48. The third-order valence-corrected chi connectivity index (χ3v) is 5.36. The number of carbonyl (C=O) groups excluding carboxylic acids is 1. The lowest BCUT2D eigenvalue weighted by molar-refractivity contribution is -0.119. The fourth-order valence-electron chi connectivity index (χ4n) is 3.86. The van der Waals surface area contributed by atoms with Gasteiger partial charge in [0.05, 0.1) is 30.6 Å². The van der Waals surface area contributed by atoms with E-state index in [0.29, 0.717) is 13.0 Å². The van der Waals surface area contributed by atoms with Crippen LogP contribution in [0.3, 0.4) is 0 Å². The van der Waals surface area contributed by atoms with Crippen molar-refractivity contribution in [3.63, 3.8) is 0 Å². The van der Waals surface area contributed by atoms with Gasteiger partial charge in [-0.3, -0.25) is 4.79 Å². The van der Waals surface area contributed by atoms with E-state index in [2.05, 4.69) is 42.4 Å². The van der Waals surface area contributed by atoms with Crippen molar-refractivity contribution < 1.29 is 14.1 Å². The van der Waals surface area contributed by atoms with Gasteiger partial charge in [-0.2, -0.15) is 0 Å². The monoisotopic (exact) mass is 376 g/mol. The van der Waals surface area contributed by atoms with E-state index in [4.69, 9.17) is 9.26 Å². The highest BCUT2D eigenvalue weighted by Crippen LogP contribution is 2.41. The molecular formula is C23H24N2O3. The smallest absolute Gasteiger partial charge is 0.227 e. The van der Waals surface area contributed by atoms with Crippen LogP contribution >= 0.6 is 0 Å². The van der Waals surface area contributed by atoms with Gasteiger partial charge in [0, 0.05) is 18.1 Å². The molecule has 5 nitrogen and oxygen atoms in total. The molecule has 0 fully saturated rings. The van der Waals surface area contributed by atoms with E-state index in [0.717, 1.165) is 51.6 Å². The molecule has 1 aliphatic heterocycles. The molecule has 2 aromatic carbocycles. The van der Waals surface area contributed by atoms with E-state index >= 15 is 0 Å². The maximum absolute atomic E-state index is 12.7. The van der Waals surface area contributed by atoms with E-state index in [1.165, 1.54) is 5.56 Å². The molecular weight excluding hydrogens is 352 g/mol. The third-order valence-electron chi connectivity index (χ3n) is 5.36.